The molecule has 0 bridgehead atoms. The number of carbonyl (C=O) groups excluding carboxylic acids is 2. The Kier molecular flexibility index (Phi) is 8.47. The molecule has 1 amide bonds. The summed E-state index contributed by atoms with van der Waals surface area (Å²) in [6.07, 6.45) is 0.558. The van der Waals surface area contributed by atoms with Crippen molar-refractivity contribution in [1.29, 1.82) is 0 Å². The molecule has 182 valence electrons. The summed E-state index contributed by atoms with van der Waals surface area (Å²) in [5, 5.41) is 11.7. The van der Waals surface area contributed by atoms with E-state index in [0.717, 1.165) is 0 Å². The van der Waals surface area contributed by atoms with Crippen LogP contribution in [0.5, 0.6) is 11.5 Å². The number of hydrogen-bond acceptors (Lipinski definition) is 6. The molecular weight excluding hydrogens is 481 g/mol. The normalized spacial score (nSPS) is 17.5. The average molecular weight is 508 g/mol. The van der Waals surface area contributed by atoms with Gasteiger partial charge in [0.25, 0.3) is 11.7 Å². The summed E-state index contributed by atoms with van der Waals surface area (Å²) < 4.78 is 16.3. The first-order chi connectivity index (χ1) is 16.2. The second-order valence-electron chi connectivity index (χ2n) is 8.01. The van der Waals surface area contributed by atoms with Gasteiger partial charge in [-0.15, -0.1) is 0 Å². The molecule has 1 atom stereocenters. The van der Waals surface area contributed by atoms with Gasteiger partial charge in [-0.3, -0.25) is 9.59 Å². The van der Waals surface area contributed by atoms with E-state index in [-0.39, 0.29) is 39.6 Å². The number of ketones is 1. The highest BCUT2D eigenvalue weighted by Gasteiger charge is 2.46. The number of aliphatic hydroxyl groups excluding tert-OH is 1. The Morgan fingerprint density at radius 2 is 1.85 bits per heavy atom. The summed E-state index contributed by atoms with van der Waals surface area (Å²) in [6, 6.07) is 9.06. The van der Waals surface area contributed by atoms with Crippen LogP contribution in [0.2, 0.25) is 10.0 Å². The van der Waals surface area contributed by atoms with Crippen molar-refractivity contribution in [2.75, 3.05) is 27.4 Å². The van der Waals surface area contributed by atoms with Crippen molar-refractivity contribution in [3.8, 4) is 11.5 Å². The maximum atomic E-state index is 13.2. The van der Waals surface area contributed by atoms with E-state index in [1.807, 2.05) is 13.8 Å². The number of halogens is 2. The second kappa shape index (κ2) is 11.1. The Labute approximate surface area is 208 Å². The fourth-order valence-corrected chi connectivity index (χ4v) is 4.48. The molecule has 1 unspecified atom stereocenters. The number of benzene rings is 2. The zero-order chi connectivity index (χ0) is 25.0. The van der Waals surface area contributed by atoms with E-state index in [2.05, 4.69) is 0 Å². The zero-order valence-corrected chi connectivity index (χ0v) is 20.9. The second-order valence-corrected chi connectivity index (χ2v) is 8.85. The number of hydrogen-bond donors (Lipinski definition) is 1. The topological polar surface area (TPSA) is 85.3 Å². The first kappa shape index (κ1) is 25.9. The molecule has 34 heavy (non-hydrogen) atoms. The van der Waals surface area contributed by atoms with Crippen molar-refractivity contribution < 1.29 is 28.9 Å². The molecule has 1 aliphatic heterocycles. The average Bonchev–Trinajstić information content (AvgIpc) is 3.05. The van der Waals surface area contributed by atoms with E-state index in [4.69, 9.17) is 37.4 Å². The molecule has 7 nitrogen and oxygen atoms in total. The predicted molar refractivity (Wildman–Crippen MR) is 131 cm³/mol. The fraction of sp³-hybridized carbons (Fsp3) is 0.360. The largest absolute Gasteiger partial charge is 0.507 e. The molecule has 3 rings (SSSR count). The van der Waals surface area contributed by atoms with E-state index in [9.17, 15) is 14.7 Å². The number of amides is 1. The molecule has 0 saturated carbocycles. The first-order valence-corrected chi connectivity index (χ1v) is 11.5. The SMILES string of the molecule is COc1cccc(C2/C(=C(\O)c3cc(Cl)cc(Cl)c3OC)C(=O)C(=O)N2CCCOC(C)C)c1. The van der Waals surface area contributed by atoms with Crippen molar-refractivity contribution in [2.24, 2.45) is 0 Å². The van der Waals surface area contributed by atoms with E-state index < -0.39 is 23.5 Å². The molecular formula is C25H27Cl2NO6. The number of likely N-dealkylation sites (tertiary alicyclic amines) is 1. The van der Waals surface area contributed by atoms with Crippen LogP contribution in [0.4, 0.5) is 0 Å². The van der Waals surface area contributed by atoms with Crippen LogP contribution in [0, 0.1) is 0 Å². The highest BCUT2D eigenvalue weighted by molar-refractivity contribution is 6.46. The molecule has 0 spiro atoms. The van der Waals surface area contributed by atoms with Gasteiger partial charge >= 0.3 is 0 Å². The van der Waals surface area contributed by atoms with E-state index in [1.165, 1.54) is 31.3 Å². The lowest BCUT2D eigenvalue weighted by Gasteiger charge is -2.26. The number of carbonyl (C=O) groups is 2. The molecule has 1 saturated heterocycles. The molecule has 9 heteroatoms. The van der Waals surface area contributed by atoms with Gasteiger partial charge in [0, 0.05) is 18.2 Å². The molecule has 0 radical (unpaired) electrons. The summed E-state index contributed by atoms with van der Waals surface area (Å²) >= 11 is 12.4. The number of methoxy groups -OCH3 is 2. The number of nitrogens with zero attached hydrogens (tertiary/aromatic N) is 1. The predicted octanol–water partition coefficient (Wildman–Crippen LogP) is 5.25. The minimum absolute atomic E-state index is 0.0460. The quantitative estimate of drug-likeness (QED) is 0.216. The van der Waals surface area contributed by atoms with Crippen LogP contribution in [0.1, 0.15) is 37.4 Å². The Morgan fingerprint density at radius 1 is 1.12 bits per heavy atom. The molecule has 1 heterocycles. The van der Waals surface area contributed by atoms with Crippen molar-refractivity contribution in [3.05, 3.63) is 63.1 Å². The zero-order valence-electron chi connectivity index (χ0n) is 19.4. The van der Waals surface area contributed by atoms with Crippen LogP contribution in [-0.4, -0.2) is 55.2 Å². The number of Topliss-reactive ketones (excluding diaryl/α,β-unsaturated/α-hetero) is 1. The molecule has 0 aromatic heterocycles. The minimum Gasteiger partial charge on any atom is -0.507 e. The van der Waals surface area contributed by atoms with Crippen molar-refractivity contribution >= 4 is 40.7 Å². The minimum atomic E-state index is -0.850. The van der Waals surface area contributed by atoms with Gasteiger partial charge in [0.05, 0.1) is 42.5 Å². The number of aliphatic hydroxyl groups is 1. The third-order valence-corrected chi connectivity index (χ3v) is 5.91. The van der Waals surface area contributed by atoms with E-state index in [1.54, 1.807) is 24.3 Å². The van der Waals surface area contributed by atoms with Gasteiger partial charge in [0.1, 0.15) is 17.3 Å². The van der Waals surface area contributed by atoms with Gasteiger partial charge in [0.15, 0.2) is 0 Å². The van der Waals surface area contributed by atoms with Gasteiger partial charge in [-0.1, -0.05) is 35.3 Å². The summed E-state index contributed by atoms with van der Waals surface area (Å²) in [6.45, 7) is 4.52. The number of rotatable bonds is 9. The third-order valence-electron chi connectivity index (χ3n) is 5.41. The van der Waals surface area contributed by atoms with Crippen LogP contribution >= 0.6 is 23.2 Å². The van der Waals surface area contributed by atoms with Crippen molar-refractivity contribution in [2.45, 2.75) is 32.4 Å². The summed E-state index contributed by atoms with van der Waals surface area (Å²) in [5.41, 5.74) is 0.644. The first-order valence-electron chi connectivity index (χ1n) is 10.8. The summed E-state index contributed by atoms with van der Waals surface area (Å²) in [5.74, 6) is -1.26. The van der Waals surface area contributed by atoms with Crippen molar-refractivity contribution in [3.63, 3.8) is 0 Å². The standard InChI is InChI=1S/C25H27Cl2NO6/c1-14(2)34-10-6-9-28-21(15-7-5-8-17(11-15)32-3)20(23(30)25(28)31)22(29)18-12-16(26)13-19(27)24(18)33-4/h5,7-8,11-14,21,29H,6,9-10H2,1-4H3/b22-20+. The van der Waals surface area contributed by atoms with Crippen LogP contribution in [-0.2, 0) is 14.3 Å². The Morgan fingerprint density at radius 3 is 2.50 bits per heavy atom. The van der Waals surface area contributed by atoms with Crippen molar-refractivity contribution in [1.82, 2.24) is 4.90 Å². The maximum absolute atomic E-state index is 13.2. The number of ether oxygens (including phenoxy) is 3. The molecule has 1 fully saturated rings. The maximum Gasteiger partial charge on any atom is 0.295 e. The highest BCUT2D eigenvalue weighted by atomic mass is 35.5. The van der Waals surface area contributed by atoms with Crippen LogP contribution in [0.15, 0.2) is 42.0 Å². The smallest absolute Gasteiger partial charge is 0.295 e. The lowest BCUT2D eigenvalue weighted by atomic mass is 9.94. The molecule has 2 aromatic carbocycles. The van der Waals surface area contributed by atoms with Crippen LogP contribution < -0.4 is 9.47 Å². The third kappa shape index (κ3) is 5.32. The lowest BCUT2D eigenvalue weighted by Crippen LogP contribution is -2.31. The Hall–Kier alpha value is -2.74. The summed E-state index contributed by atoms with van der Waals surface area (Å²) in [4.78, 5) is 27.7. The van der Waals surface area contributed by atoms with Crippen LogP contribution in [0.25, 0.3) is 5.76 Å². The molecule has 0 aliphatic carbocycles. The lowest BCUT2D eigenvalue weighted by molar-refractivity contribution is -0.140. The Balaban J connectivity index is 2.15. The fourth-order valence-electron chi connectivity index (χ4n) is 3.91. The Bertz CT molecular complexity index is 1110. The van der Waals surface area contributed by atoms with Gasteiger partial charge in [-0.25, -0.2) is 0 Å². The summed E-state index contributed by atoms with van der Waals surface area (Å²) in [7, 11) is 2.91. The van der Waals surface area contributed by atoms with E-state index >= 15 is 0 Å². The van der Waals surface area contributed by atoms with Gasteiger partial charge in [0.2, 0.25) is 0 Å². The van der Waals surface area contributed by atoms with Gasteiger partial charge in [-0.2, -0.15) is 0 Å². The highest BCUT2D eigenvalue weighted by Crippen LogP contribution is 2.43. The van der Waals surface area contributed by atoms with Gasteiger partial charge < -0.3 is 24.2 Å². The molecule has 1 N–H and O–H groups in total. The molecule has 1 aliphatic rings. The van der Waals surface area contributed by atoms with Gasteiger partial charge in [-0.05, 0) is 50.1 Å². The van der Waals surface area contributed by atoms with Crippen LogP contribution in [0.3, 0.4) is 0 Å². The monoisotopic (exact) mass is 507 g/mol. The molecule has 2 aromatic rings. The van der Waals surface area contributed by atoms with E-state index in [0.29, 0.717) is 24.3 Å².